The topological polar surface area (TPSA) is 72.2 Å². The van der Waals surface area contributed by atoms with E-state index in [1.165, 1.54) is 0 Å². The van der Waals surface area contributed by atoms with Crippen molar-refractivity contribution < 1.29 is 14.3 Å². The largest absolute Gasteiger partial charge is 0.492 e. The zero-order chi connectivity index (χ0) is 19.5. The number of carbonyl (C=O) groups excluding carboxylic acids is 1. The Kier molecular flexibility index (Phi) is 4.77. The van der Waals surface area contributed by atoms with E-state index in [4.69, 9.17) is 14.7 Å². The van der Waals surface area contributed by atoms with Crippen LogP contribution in [0, 0.1) is 18.3 Å². The van der Waals surface area contributed by atoms with Gasteiger partial charge in [0.05, 0.1) is 23.8 Å². The quantitative estimate of drug-likeness (QED) is 0.681. The molecule has 1 atom stereocenters. The highest BCUT2D eigenvalue weighted by Crippen LogP contribution is 2.36. The van der Waals surface area contributed by atoms with Crippen LogP contribution in [0.15, 0.2) is 60.9 Å². The normalized spacial score (nSPS) is 13.8. The average Bonchev–Trinajstić information content (AvgIpc) is 2.74. The molecule has 0 N–H and O–H groups in total. The predicted octanol–water partition coefficient (Wildman–Crippen LogP) is 4.40. The standard InChI is InChI=1S/C23H18N2O3/c1-15-12-19-20(26)8-11-27-22(19)13-21(15)28-23(18-6-9-25-10-7-18)17-4-2-16(14-24)3-5-17/h2-7,9-10,12-13,23H,8,11H2,1H3. The van der Waals surface area contributed by atoms with Gasteiger partial charge in [-0.15, -0.1) is 0 Å². The van der Waals surface area contributed by atoms with Gasteiger partial charge in [-0.1, -0.05) is 12.1 Å². The van der Waals surface area contributed by atoms with E-state index in [2.05, 4.69) is 11.1 Å². The van der Waals surface area contributed by atoms with Crippen LogP contribution in [0.25, 0.3) is 0 Å². The number of ketones is 1. The summed E-state index contributed by atoms with van der Waals surface area (Å²) in [6.07, 6.45) is 3.46. The first kappa shape index (κ1) is 17.7. The van der Waals surface area contributed by atoms with Gasteiger partial charge in [0.25, 0.3) is 0 Å². The van der Waals surface area contributed by atoms with Crippen molar-refractivity contribution in [1.82, 2.24) is 4.98 Å². The molecule has 0 spiro atoms. The van der Waals surface area contributed by atoms with Gasteiger partial charge in [-0.3, -0.25) is 9.78 Å². The molecule has 1 unspecified atom stereocenters. The predicted molar refractivity (Wildman–Crippen MR) is 103 cm³/mol. The summed E-state index contributed by atoms with van der Waals surface area (Å²) in [5.74, 6) is 1.30. The molecule has 4 rings (SSSR count). The van der Waals surface area contributed by atoms with E-state index < -0.39 is 0 Å². The summed E-state index contributed by atoms with van der Waals surface area (Å²) in [6.45, 7) is 2.30. The molecule has 0 saturated carbocycles. The number of ether oxygens (including phenoxy) is 2. The van der Waals surface area contributed by atoms with Gasteiger partial charge < -0.3 is 9.47 Å². The molecule has 28 heavy (non-hydrogen) atoms. The molecule has 2 aromatic carbocycles. The van der Waals surface area contributed by atoms with E-state index in [0.29, 0.717) is 35.7 Å². The van der Waals surface area contributed by atoms with E-state index >= 15 is 0 Å². The number of nitriles is 1. The molecule has 2 heterocycles. The average molecular weight is 370 g/mol. The maximum atomic E-state index is 12.1. The molecule has 1 aliphatic rings. The summed E-state index contributed by atoms with van der Waals surface area (Å²) in [6, 6.07) is 16.9. The first-order valence-corrected chi connectivity index (χ1v) is 9.03. The zero-order valence-corrected chi connectivity index (χ0v) is 15.4. The number of pyridine rings is 1. The highest BCUT2D eigenvalue weighted by atomic mass is 16.5. The third-order valence-corrected chi connectivity index (χ3v) is 4.76. The smallest absolute Gasteiger partial charge is 0.170 e. The monoisotopic (exact) mass is 370 g/mol. The minimum atomic E-state index is -0.383. The molecule has 3 aromatic rings. The van der Waals surface area contributed by atoms with Crippen molar-refractivity contribution in [3.63, 3.8) is 0 Å². The number of carbonyl (C=O) groups is 1. The van der Waals surface area contributed by atoms with Gasteiger partial charge >= 0.3 is 0 Å². The van der Waals surface area contributed by atoms with E-state index in [0.717, 1.165) is 16.7 Å². The van der Waals surface area contributed by atoms with E-state index in [1.807, 2.05) is 37.3 Å². The molecule has 0 radical (unpaired) electrons. The zero-order valence-electron chi connectivity index (χ0n) is 15.4. The van der Waals surface area contributed by atoms with Crippen LogP contribution < -0.4 is 9.47 Å². The van der Waals surface area contributed by atoms with Crippen molar-refractivity contribution in [2.45, 2.75) is 19.4 Å². The Morgan fingerprint density at radius 3 is 2.54 bits per heavy atom. The number of fused-ring (bicyclic) bond motifs is 1. The highest BCUT2D eigenvalue weighted by molar-refractivity contribution is 6.00. The van der Waals surface area contributed by atoms with Crippen LogP contribution in [0.1, 0.15) is 45.1 Å². The molecular weight excluding hydrogens is 352 g/mol. The van der Waals surface area contributed by atoms with Crippen LogP contribution >= 0.6 is 0 Å². The minimum Gasteiger partial charge on any atom is -0.492 e. The maximum Gasteiger partial charge on any atom is 0.170 e. The first-order valence-electron chi connectivity index (χ1n) is 9.03. The van der Waals surface area contributed by atoms with Crippen molar-refractivity contribution in [2.75, 3.05) is 6.61 Å². The third kappa shape index (κ3) is 3.45. The molecule has 1 aliphatic heterocycles. The highest BCUT2D eigenvalue weighted by Gasteiger charge is 2.23. The fraction of sp³-hybridized carbons (Fsp3) is 0.174. The van der Waals surface area contributed by atoms with Crippen LogP contribution in [0.3, 0.4) is 0 Å². The molecule has 0 fully saturated rings. The van der Waals surface area contributed by atoms with Gasteiger partial charge in [0, 0.05) is 24.9 Å². The Morgan fingerprint density at radius 2 is 1.82 bits per heavy atom. The second kappa shape index (κ2) is 7.53. The van der Waals surface area contributed by atoms with Crippen molar-refractivity contribution in [3.05, 3.63) is 88.7 Å². The fourth-order valence-electron chi connectivity index (χ4n) is 3.25. The number of Topliss-reactive ketones (excluding diaryl/α,β-unsaturated/α-hetero) is 1. The molecule has 0 amide bonds. The molecule has 0 saturated heterocycles. The number of aromatic nitrogens is 1. The van der Waals surface area contributed by atoms with Crippen LogP contribution in [-0.4, -0.2) is 17.4 Å². The second-order valence-corrected chi connectivity index (χ2v) is 6.65. The van der Waals surface area contributed by atoms with E-state index in [9.17, 15) is 4.79 Å². The van der Waals surface area contributed by atoms with Crippen LogP contribution in [-0.2, 0) is 0 Å². The maximum absolute atomic E-state index is 12.1. The minimum absolute atomic E-state index is 0.0914. The van der Waals surface area contributed by atoms with Crippen molar-refractivity contribution >= 4 is 5.78 Å². The van der Waals surface area contributed by atoms with Crippen LogP contribution in [0.5, 0.6) is 11.5 Å². The van der Waals surface area contributed by atoms with Gasteiger partial charge in [0.15, 0.2) is 5.78 Å². The summed E-state index contributed by atoms with van der Waals surface area (Å²) in [4.78, 5) is 16.2. The first-order chi connectivity index (χ1) is 13.7. The Labute approximate surface area is 163 Å². The van der Waals surface area contributed by atoms with Crippen molar-refractivity contribution in [3.8, 4) is 17.6 Å². The number of benzene rings is 2. The van der Waals surface area contributed by atoms with Gasteiger partial charge in [-0.2, -0.15) is 5.26 Å². The Hall–Kier alpha value is -3.65. The van der Waals surface area contributed by atoms with Crippen LogP contribution in [0.4, 0.5) is 0 Å². The summed E-state index contributed by atoms with van der Waals surface area (Å²) >= 11 is 0. The molecule has 5 heteroatoms. The lowest BCUT2D eigenvalue weighted by atomic mass is 10.00. The molecule has 0 aliphatic carbocycles. The van der Waals surface area contributed by atoms with Gasteiger partial charge in [-0.25, -0.2) is 0 Å². The third-order valence-electron chi connectivity index (χ3n) is 4.76. The lowest BCUT2D eigenvalue weighted by Crippen LogP contribution is -2.16. The summed E-state index contributed by atoms with van der Waals surface area (Å²) < 4.78 is 12.1. The lowest BCUT2D eigenvalue weighted by molar-refractivity contribution is 0.0933. The summed E-state index contributed by atoms with van der Waals surface area (Å²) in [5, 5.41) is 9.06. The van der Waals surface area contributed by atoms with Gasteiger partial charge in [0.2, 0.25) is 0 Å². The Balaban J connectivity index is 1.74. The molecule has 1 aromatic heterocycles. The number of nitrogens with zero attached hydrogens (tertiary/aromatic N) is 2. The van der Waals surface area contributed by atoms with Gasteiger partial charge in [0.1, 0.15) is 17.6 Å². The van der Waals surface area contributed by atoms with Crippen molar-refractivity contribution in [1.29, 1.82) is 5.26 Å². The summed E-state index contributed by atoms with van der Waals surface area (Å²) in [5.41, 5.74) is 3.92. The van der Waals surface area contributed by atoms with E-state index in [1.54, 1.807) is 30.6 Å². The number of hydrogen-bond donors (Lipinski definition) is 0. The second-order valence-electron chi connectivity index (χ2n) is 6.65. The van der Waals surface area contributed by atoms with E-state index in [-0.39, 0.29) is 11.9 Å². The molecule has 0 bridgehead atoms. The molecular formula is C23H18N2O3. The number of aryl methyl sites for hydroxylation is 1. The molecule has 5 nitrogen and oxygen atoms in total. The fourth-order valence-corrected chi connectivity index (χ4v) is 3.25. The SMILES string of the molecule is Cc1cc2c(cc1OC(c1ccncc1)c1ccc(C#N)cc1)OCCC2=O. The number of hydrogen-bond acceptors (Lipinski definition) is 5. The van der Waals surface area contributed by atoms with Gasteiger partial charge in [-0.05, 0) is 53.9 Å². The van der Waals surface area contributed by atoms with Crippen LogP contribution in [0.2, 0.25) is 0 Å². The molecule has 138 valence electrons. The lowest BCUT2D eigenvalue weighted by Gasteiger charge is -2.24. The van der Waals surface area contributed by atoms with Crippen molar-refractivity contribution in [2.24, 2.45) is 0 Å². The Bertz CT molecular complexity index is 1050. The number of rotatable bonds is 4. The Morgan fingerprint density at radius 1 is 1.11 bits per heavy atom. The summed E-state index contributed by atoms with van der Waals surface area (Å²) in [7, 11) is 0.